The van der Waals surface area contributed by atoms with Crippen LogP contribution in [0.4, 0.5) is 0 Å². The van der Waals surface area contributed by atoms with Gasteiger partial charge in [-0.2, -0.15) is 5.10 Å². The normalized spacial score (nSPS) is 15.4. The molecule has 2 heterocycles. The van der Waals surface area contributed by atoms with E-state index in [-0.39, 0.29) is 24.7 Å². The highest BCUT2D eigenvalue weighted by atomic mass is 35.5. The second-order valence-electron chi connectivity index (χ2n) is 7.04. The maximum atomic E-state index is 13.0. The molecule has 8 heteroatoms. The standard InChI is InChI=1S/C23H22ClN3O4/c1-14-18-19(15-8-10-16(24)11-9-15)20(23(28)30-13-12-29-2)21(25)31-22(18)27(26-14)17-6-4-3-5-7-17/h3-11,19H,12-13,25H2,1-2H3. The van der Waals surface area contributed by atoms with E-state index < -0.39 is 11.9 Å². The number of hydrogen-bond donors (Lipinski definition) is 1. The minimum atomic E-state index is -0.563. The van der Waals surface area contributed by atoms with Crippen LogP contribution in [0.3, 0.4) is 0 Å². The number of aromatic nitrogens is 2. The predicted molar refractivity (Wildman–Crippen MR) is 116 cm³/mol. The number of carbonyl (C=O) groups is 1. The second kappa shape index (κ2) is 8.83. The van der Waals surface area contributed by atoms with Crippen molar-refractivity contribution in [2.75, 3.05) is 20.3 Å². The minimum absolute atomic E-state index is 0.0213. The molecule has 1 unspecified atom stereocenters. The van der Waals surface area contributed by atoms with Crippen molar-refractivity contribution in [3.63, 3.8) is 0 Å². The number of rotatable bonds is 6. The zero-order valence-electron chi connectivity index (χ0n) is 17.2. The van der Waals surface area contributed by atoms with Gasteiger partial charge < -0.3 is 19.9 Å². The highest BCUT2D eigenvalue weighted by Gasteiger charge is 2.39. The molecule has 1 aliphatic heterocycles. The molecule has 0 radical (unpaired) electrons. The van der Waals surface area contributed by atoms with Gasteiger partial charge in [0, 0.05) is 12.1 Å². The van der Waals surface area contributed by atoms with Crippen molar-refractivity contribution in [1.29, 1.82) is 0 Å². The summed E-state index contributed by atoms with van der Waals surface area (Å²) in [6.45, 7) is 2.26. The third-order valence-electron chi connectivity index (χ3n) is 5.06. The molecule has 0 saturated heterocycles. The third kappa shape index (κ3) is 4.02. The number of methoxy groups -OCH3 is 1. The first-order chi connectivity index (χ1) is 15.0. The number of para-hydroxylation sites is 1. The summed E-state index contributed by atoms with van der Waals surface area (Å²) in [5.41, 5.74) is 9.61. The summed E-state index contributed by atoms with van der Waals surface area (Å²) >= 11 is 6.09. The molecule has 1 atom stereocenters. The highest BCUT2D eigenvalue weighted by Crippen LogP contribution is 2.45. The number of benzene rings is 2. The molecule has 0 fully saturated rings. The summed E-state index contributed by atoms with van der Waals surface area (Å²) in [6.07, 6.45) is 0. The number of esters is 1. The van der Waals surface area contributed by atoms with Gasteiger partial charge in [-0.3, -0.25) is 0 Å². The largest absolute Gasteiger partial charge is 0.460 e. The quantitative estimate of drug-likeness (QED) is 0.465. The molecule has 0 bridgehead atoms. The van der Waals surface area contributed by atoms with Crippen molar-refractivity contribution >= 4 is 17.6 Å². The van der Waals surface area contributed by atoms with Crippen LogP contribution in [-0.4, -0.2) is 36.1 Å². The Labute approximate surface area is 185 Å². The Kier molecular flexibility index (Phi) is 5.97. The Morgan fingerprint density at radius 2 is 1.87 bits per heavy atom. The van der Waals surface area contributed by atoms with Gasteiger partial charge in [0.2, 0.25) is 11.8 Å². The molecule has 2 N–H and O–H groups in total. The Balaban J connectivity index is 1.86. The van der Waals surface area contributed by atoms with E-state index in [0.717, 1.165) is 16.8 Å². The summed E-state index contributed by atoms with van der Waals surface area (Å²) in [7, 11) is 1.54. The molecule has 0 amide bonds. The first-order valence-electron chi connectivity index (χ1n) is 9.75. The SMILES string of the molecule is COCCOC(=O)C1=C(N)Oc2c(c(C)nn2-c2ccccc2)C1c1ccc(Cl)cc1. The van der Waals surface area contributed by atoms with Gasteiger partial charge >= 0.3 is 5.97 Å². The average Bonchev–Trinajstić information content (AvgIpc) is 3.10. The number of nitrogens with two attached hydrogens (primary N) is 1. The molecule has 0 spiro atoms. The fourth-order valence-corrected chi connectivity index (χ4v) is 3.77. The molecular formula is C23H22ClN3O4. The van der Waals surface area contributed by atoms with Crippen molar-refractivity contribution in [3.8, 4) is 11.6 Å². The first-order valence-corrected chi connectivity index (χ1v) is 10.1. The average molecular weight is 440 g/mol. The van der Waals surface area contributed by atoms with Crippen LogP contribution in [0, 0.1) is 6.92 Å². The first kappa shape index (κ1) is 21.0. The lowest BCUT2D eigenvalue weighted by Gasteiger charge is -2.27. The topological polar surface area (TPSA) is 88.6 Å². The van der Waals surface area contributed by atoms with Gasteiger partial charge in [-0.25, -0.2) is 9.48 Å². The van der Waals surface area contributed by atoms with E-state index in [9.17, 15) is 4.79 Å². The van der Waals surface area contributed by atoms with Gasteiger partial charge in [-0.1, -0.05) is 41.9 Å². The van der Waals surface area contributed by atoms with Crippen LogP contribution in [0.5, 0.6) is 5.88 Å². The highest BCUT2D eigenvalue weighted by molar-refractivity contribution is 6.30. The maximum absolute atomic E-state index is 13.0. The summed E-state index contributed by atoms with van der Waals surface area (Å²) in [6, 6.07) is 16.8. The third-order valence-corrected chi connectivity index (χ3v) is 5.31. The van der Waals surface area contributed by atoms with Crippen LogP contribution >= 0.6 is 11.6 Å². The lowest BCUT2D eigenvalue weighted by Crippen LogP contribution is -2.28. The zero-order chi connectivity index (χ0) is 22.0. The molecule has 7 nitrogen and oxygen atoms in total. The summed E-state index contributed by atoms with van der Waals surface area (Å²) in [4.78, 5) is 13.0. The summed E-state index contributed by atoms with van der Waals surface area (Å²) in [5, 5.41) is 5.26. The number of aryl methyl sites for hydroxylation is 1. The van der Waals surface area contributed by atoms with Crippen molar-refractivity contribution in [3.05, 3.63) is 87.9 Å². The van der Waals surface area contributed by atoms with Crippen LogP contribution in [0.25, 0.3) is 5.69 Å². The molecular weight excluding hydrogens is 418 g/mol. The van der Waals surface area contributed by atoms with Gasteiger partial charge in [0.25, 0.3) is 0 Å². The van der Waals surface area contributed by atoms with Crippen LogP contribution in [-0.2, 0) is 14.3 Å². The van der Waals surface area contributed by atoms with E-state index in [0.29, 0.717) is 16.6 Å². The molecule has 31 heavy (non-hydrogen) atoms. The molecule has 0 aliphatic carbocycles. The Bertz CT molecular complexity index is 1120. The van der Waals surface area contributed by atoms with E-state index in [1.54, 1.807) is 16.8 Å². The van der Waals surface area contributed by atoms with E-state index in [1.165, 1.54) is 7.11 Å². The van der Waals surface area contributed by atoms with Crippen molar-refractivity contribution in [2.45, 2.75) is 12.8 Å². The van der Waals surface area contributed by atoms with Crippen LogP contribution in [0.2, 0.25) is 5.02 Å². The molecule has 4 rings (SSSR count). The van der Waals surface area contributed by atoms with Crippen LogP contribution < -0.4 is 10.5 Å². The van der Waals surface area contributed by atoms with E-state index >= 15 is 0 Å². The Morgan fingerprint density at radius 1 is 1.16 bits per heavy atom. The van der Waals surface area contributed by atoms with Crippen molar-refractivity contribution < 1.29 is 19.0 Å². The molecule has 0 saturated carbocycles. The van der Waals surface area contributed by atoms with E-state index in [2.05, 4.69) is 5.10 Å². The fraction of sp³-hybridized carbons (Fsp3) is 0.217. The zero-order valence-corrected chi connectivity index (χ0v) is 17.9. The van der Waals surface area contributed by atoms with Crippen LogP contribution in [0.1, 0.15) is 22.7 Å². The number of ether oxygens (including phenoxy) is 3. The summed E-state index contributed by atoms with van der Waals surface area (Å²) < 4.78 is 18.0. The Morgan fingerprint density at radius 3 is 2.55 bits per heavy atom. The number of fused-ring (bicyclic) bond motifs is 1. The lowest BCUT2D eigenvalue weighted by molar-refractivity contribution is -0.140. The van der Waals surface area contributed by atoms with Crippen LogP contribution in [0.15, 0.2) is 66.1 Å². The lowest BCUT2D eigenvalue weighted by atomic mass is 9.83. The number of carbonyl (C=O) groups excluding carboxylic acids is 1. The van der Waals surface area contributed by atoms with Gasteiger partial charge in [0.15, 0.2) is 0 Å². The van der Waals surface area contributed by atoms with Gasteiger partial charge in [0.05, 0.1) is 29.5 Å². The van der Waals surface area contributed by atoms with E-state index in [1.807, 2.05) is 49.4 Å². The Hall–Kier alpha value is -3.29. The minimum Gasteiger partial charge on any atom is -0.460 e. The van der Waals surface area contributed by atoms with Gasteiger partial charge in [-0.05, 0) is 36.8 Å². The number of nitrogens with zero attached hydrogens (tertiary/aromatic N) is 2. The van der Waals surface area contributed by atoms with Crippen molar-refractivity contribution in [1.82, 2.24) is 9.78 Å². The van der Waals surface area contributed by atoms with Crippen molar-refractivity contribution in [2.24, 2.45) is 5.73 Å². The molecule has 1 aromatic heterocycles. The van der Waals surface area contributed by atoms with Gasteiger partial charge in [-0.15, -0.1) is 0 Å². The molecule has 160 valence electrons. The molecule has 3 aromatic rings. The number of halogens is 1. The fourth-order valence-electron chi connectivity index (χ4n) is 3.64. The van der Waals surface area contributed by atoms with E-state index in [4.69, 9.17) is 31.5 Å². The smallest absolute Gasteiger partial charge is 0.340 e. The monoisotopic (exact) mass is 439 g/mol. The predicted octanol–water partition coefficient (Wildman–Crippen LogP) is 3.72. The van der Waals surface area contributed by atoms with Gasteiger partial charge in [0.1, 0.15) is 12.2 Å². The second-order valence-corrected chi connectivity index (χ2v) is 7.48. The molecule has 1 aliphatic rings. The molecule has 2 aromatic carbocycles. The summed E-state index contributed by atoms with van der Waals surface area (Å²) in [5.74, 6) is -0.637. The number of hydrogen-bond acceptors (Lipinski definition) is 6. The maximum Gasteiger partial charge on any atom is 0.340 e.